The van der Waals surface area contributed by atoms with Gasteiger partial charge in [-0.15, -0.1) is 0 Å². The van der Waals surface area contributed by atoms with Gasteiger partial charge in [0, 0.05) is 29.5 Å². The van der Waals surface area contributed by atoms with Gasteiger partial charge in [0.1, 0.15) is 0 Å². The Morgan fingerprint density at radius 2 is 1.73 bits per heavy atom. The molecule has 0 saturated carbocycles. The molecule has 7 nitrogen and oxygen atoms in total. The van der Waals surface area contributed by atoms with Crippen LogP contribution in [0, 0.1) is 27.7 Å². The van der Waals surface area contributed by atoms with E-state index in [1.807, 2.05) is 38.1 Å². The molecule has 0 aliphatic carbocycles. The van der Waals surface area contributed by atoms with E-state index in [1.165, 1.54) is 11.1 Å². The first-order chi connectivity index (χ1) is 14.4. The maximum Gasteiger partial charge on any atom is 0.229 e. The molecule has 0 aliphatic rings. The summed E-state index contributed by atoms with van der Waals surface area (Å²) in [5.74, 6) is 0.907. The molecule has 0 amide bonds. The minimum absolute atomic E-state index is 0.417. The van der Waals surface area contributed by atoms with Crippen LogP contribution >= 0.6 is 12.2 Å². The van der Waals surface area contributed by atoms with Gasteiger partial charge in [0.2, 0.25) is 11.9 Å². The van der Waals surface area contributed by atoms with Crippen molar-refractivity contribution in [2.24, 2.45) is 4.99 Å². The van der Waals surface area contributed by atoms with Crippen LogP contribution in [0.25, 0.3) is 0 Å². The molecule has 0 radical (unpaired) electrons. The summed E-state index contributed by atoms with van der Waals surface area (Å²) in [6.45, 7) is 8.42. The minimum atomic E-state index is 0.417. The summed E-state index contributed by atoms with van der Waals surface area (Å²) >= 11 is 5.49. The van der Waals surface area contributed by atoms with Crippen LogP contribution in [0.5, 0.6) is 0 Å². The summed E-state index contributed by atoms with van der Waals surface area (Å²) in [7, 11) is 0. The average Bonchev–Trinajstić information content (AvgIpc) is 2.69. The summed E-state index contributed by atoms with van der Waals surface area (Å²) in [4.78, 5) is 17.6. The third-order valence-electron chi connectivity index (χ3n) is 4.35. The highest BCUT2D eigenvalue weighted by Crippen LogP contribution is 2.14. The molecule has 0 fully saturated rings. The molecule has 2 heterocycles. The predicted octanol–water partition coefficient (Wildman–Crippen LogP) is 4.06. The summed E-state index contributed by atoms with van der Waals surface area (Å²) in [5, 5.41) is 9.86. The van der Waals surface area contributed by atoms with Crippen LogP contribution in [0.1, 0.15) is 28.1 Å². The van der Waals surface area contributed by atoms with Gasteiger partial charge in [-0.1, -0.05) is 12.1 Å². The molecular weight excluding hydrogens is 394 g/mol. The van der Waals surface area contributed by atoms with E-state index in [2.05, 4.69) is 61.9 Å². The van der Waals surface area contributed by atoms with E-state index in [4.69, 9.17) is 12.2 Å². The molecule has 0 spiro atoms. The highest BCUT2D eigenvalue weighted by Gasteiger charge is 2.08. The Balaban J connectivity index is 1.77. The number of guanidine groups is 1. The zero-order chi connectivity index (χ0) is 21.5. The van der Waals surface area contributed by atoms with E-state index >= 15 is 0 Å². The normalized spacial score (nSPS) is 11.1. The van der Waals surface area contributed by atoms with E-state index in [0.717, 1.165) is 22.6 Å². The number of nitrogens with one attached hydrogen (secondary N) is 3. The second kappa shape index (κ2) is 9.89. The van der Waals surface area contributed by atoms with Gasteiger partial charge in [-0.3, -0.25) is 10.3 Å². The Kier molecular flexibility index (Phi) is 7.03. The number of aryl methyl sites for hydroxylation is 4. The number of pyridine rings is 1. The second-order valence-corrected chi connectivity index (χ2v) is 7.41. The number of hydrogen-bond acceptors (Lipinski definition) is 5. The number of aromatic nitrogens is 3. The van der Waals surface area contributed by atoms with Crippen LogP contribution in [0.15, 0.2) is 53.8 Å². The van der Waals surface area contributed by atoms with Gasteiger partial charge in [-0.05, 0) is 80.9 Å². The quantitative estimate of drug-likeness (QED) is 0.334. The number of benzene rings is 1. The zero-order valence-electron chi connectivity index (χ0n) is 17.5. The fraction of sp³-hybridized carbons (Fsp3) is 0.227. The lowest BCUT2D eigenvalue weighted by atomic mass is 10.1. The van der Waals surface area contributed by atoms with E-state index < -0.39 is 0 Å². The van der Waals surface area contributed by atoms with Crippen LogP contribution in [0.3, 0.4) is 0 Å². The van der Waals surface area contributed by atoms with E-state index in [9.17, 15) is 0 Å². The third-order valence-corrected chi connectivity index (χ3v) is 4.56. The zero-order valence-corrected chi connectivity index (χ0v) is 18.3. The van der Waals surface area contributed by atoms with Crippen molar-refractivity contribution in [1.82, 2.24) is 20.3 Å². The van der Waals surface area contributed by atoms with Crippen LogP contribution in [-0.2, 0) is 6.54 Å². The highest BCUT2D eigenvalue weighted by molar-refractivity contribution is 7.80. The Hall–Kier alpha value is -3.39. The Morgan fingerprint density at radius 1 is 0.967 bits per heavy atom. The molecule has 30 heavy (non-hydrogen) atoms. The number of anilines is 2. The van der Waals surface area contributed by atoms with Crippen molar-refractivity contribution in [1.29, 1.82) is 0 Å². The van der Waals surface area contributed by atoms with Crippen LogP contribution in [0.2, 0.25) is 0 Å². The van der Waals surface area contributed by atoms with Gasteiger partial charge in [0.05, 0.1) is 6.54 Å². The first-order valence-corrected chi connectivity index (χ1v) is 9.98. The number of hydrogen-bond donors (Lipinski definition) is 3. The van der Waals surface area contributed by atoms with Crippen molar-refractivity contribution >= 4 is 34.9 Å². The summed E-state index contributed by atoms with van der Waals surface area (Å²) in [5.41, 5.74) is 6.04. The fourth-order valence-electron chi connectivity index (χ4n) is 2.75. The Bertz CT molecular complexity index is 1040. The molecule has 8 heteroatoms. The van der Waals surface area contributed by atoms with Crippen molar-refractivity contribution in [3.8, 4) is 0 Å². The van der Waals surface area contributed by atoms with Crippen molar-refractivity contribution in [3.63, 3.8) is 0 Å². The van der Waals surface area contributed by atoms with Gasteiger partial charge in [0.25, 0.3) is 0 Å². The third kappa shape index (κ3) is 6.31. The molecule has 0 unspecified atom stereocenters. The summed E-state index contributed by atoms with van der Waals surface area (Å²) in [6.07, 6.45) is 3.51. The molecule has 0 atom stereocenters. The smallest absolute Gasteiger partial charge is 0.229 e. The topological polar surface area (TPSA) is 87.1 Å². The SMILES string of the molecule is Cc1cc(C)nc(NC(=NCc2cccnc2)NC(=S)Nc2ccc(C)c(C)c2)n1. The van der Waals surface area contributed by atoms with Gasteiger partial charge < -0.3 is 10.6 Å². The lowest BCUT2D eigenvalue weighted by Gasteiger charge is -2.15. The molecule has 2 aromatic heterocycles. The average molecular weight is 420 g/mol. The van der Waals surface area contributed by atoms with Crippen molar-refractivity contribution in [2.75, 3.05) is 10.6 Å². The Morgan fingerprint density at radius 3 is 2.40 bits per heavy atom. The molecular formula is C22H25N7S. The number of rotatable bonds is 4. The minimum Gasteiger partial charge on any atom is -0.332 e. The molecule has 0 saturated heterocycles. The maximum atomic E-state index is 5.49. The van der Waals surface area contributed by atoms with Crippen molar-refractivity contribution in [2.45, 2.75) is 34.2 Å². The molecule has 3 N–H and O–H groups in total. The summed E-state index contributed by atoms with van der Waals surface area (Å²) < 4.78 is 0. The molecule has 3 rings (SSSR count). The van der Waals surface area contributed by atoms with Gasteiger partial charge in [-0.2, -0.15) is 0 Å². The lowest BCUT2D eigenvalue weighted by Crippen LogP contribution is -2.39. The summed E-state index contributed by atoms with van der Waals surface area (Å²) in [6, 6.07) is 11.9. The number of nitrogens with zero attached hydrogens (tertiary/aromatic N) is 4. The first-order valence-electron chi connectivity index (χ1n) is 9.57. The molecule has 1 aromatic carbocycles. The molecule has 0 bridgehead atoms. The van der Waals surface area contributed by atoms with Gasteiger partial charge in [-0.25, -0.2) is 15.0 Å². The van der Waals surface area contributed by atoms with E-state index in [-0.39, 0.29) is 0 Å². The second-order valence-electron chi connectivity index (χ2n) is 7.00. The largest absolute Gasteiger partial charge is 0.332 e. The van der Waals surface area contributed by atoms with E-state index in [1.54, 1.807) is 12.4 Å². The lowest BCUT2D eigenvalue weighted by molar-refractivity contribution is 1.02. The predicted molar refractivity (Wildman–Crippen MR) is 126 cm³/mol. The van der Waals surface area contributed by atoms with Crippen molar-refractivity contribution < 1.29 is 0 Å². The molecule has 154 valence electrons. The number of thiocarbonyl (C=S) groups is 1. The van der Waals surface area contributed by atoms with Crippen LogP contribution in [-0.4, -0.2) is 26.0 Å². The Labute approximate surface area is 182 Å². The van der Waals surface area contributed by atoms with Crippen LogP contribution in [0.4, 0.5) is 11.6 Å². The van der Waals surface area contributed by atoms with Crippen LogP contribution < -0.4 is 16.0 Å². The number of aliphatic imine (C=N–C) groups is 1. The van der Waals surface area contributed by atoms with Gasteiger partial charge in [0.15, 0.2) is 5.11 Å². The fourth-order valence-corrected chi connectivity index (χ4v) is 2.96. The van der Waals surface area contributed by atoms with Crippen molar-refractivity contribution in [3.05, 3.63) is 76.9 Å². The monoisotopic (exact) mass is 419 g/mol. The standard InChI is InChI=1S/C22H25N7S/c1-14-7-8-19(10-15(14)2)27-22(30)29-20(24-13-18-6-5-9-23-12-18)28-21-25-16(3)11-17(4)26-21/h5-12H,13H2,1-4H3,(H3,24,25,26,27,28,29,30). The van der Waals surface area contributed by atoms with E-state index in [0.29, 0.717) is 23.6 Å². The highest BCUT2D eigenvalue weighted by atomic mass is 32.1. The first kappa shape index (κ1) is 21.3. The molecule has 0 aliphatic heterocycles. The maximum absolute atomic E-state index is 5.49. The molecule has 3 aromatic rings. The van der Waals surface area contributed by atoms with Gasteiger partial charge >= 0.3 is 0 Å².